The Bertz CT molecular complexity index is 1360. The monoisotopic (exact) mass is 504 g/mol. The molecule has 36 heavy (non-hydrogen) atoms. The fourth-order valence-corrected chi connectivity index (χ4v) is 4.49. The average molecular weight is 505 g/mol. The number of aliphatic imine (C=N–C) groups is 1. The first kappa shape index (κ1) is 25.4. The number of hydrogen-bond donors (Lipinski definition) is 2. The summed E-state index contributed by atoms with van der Waals surface area (Å²) >= 11 is 0. The minimum Gasteiger partial charge on any atom is -0.457 e. The first-order chi connectivity index (χ1) is 17.2. The number of nitrogens with zero attached hydrogens (tertiary/aromatic N) is 1. The summed E-state index contributed by atoms with van der Waals surface area (Å²) in [5, 5.41) is 6.22. The summed E-state index contributed by atoms with van der Waals surface area (Å²) in [7, 11) is -1.25. The first-order valence-electron chi connectivity index (χ1n) is 11.6. The van der Waals surface area contributed by atoms with E-state index in [4.69, 9.17) is 4.99 Å². The van der Waals surface area contributed by atoms with Gasteiger partial charge in [0.25, 0.3) is 5.92 Å². The highest BCUT2D eigenvalue weighted by Crippen LogP contribution is 2.30. The molecular formula is C29H28F2N3OS-. The Hall–Kier alpha value is -3.71. The summed E-state index contributed by atoms with van der Waals surface area (Å²) in [4.78, 5) is 5.58. The van der Waals surface area contributed by atoms with E-state index < -0.39 is 16.3 Å². The van der Waals surface area contributed by atoms with Crippen LogP contribution in [0.25, 0.3) is 5.57 Å². The summed E-state index contributed by atoms with van der Waals surface area (Å²) in [5.41, 5.74) is 3.75. The van der Waals surface area contributed by atoms with Gasteiger partial charge in [0.05, 0.1) is 6.04 Å². The second-order valence-corrected chi connectivity index (χ2v) is 9.88. The standard InChI is InChI=1S/C29H28F2N3OS/c1-20(32-24-11-7-10-23(18-24)29(2,30)31)33-28-19-26(22-8-5-4-6-9-22)27(34-28)17-14-21-12-15-25(16-13-21)36(3)35/h4-13,15-16,18-19,27,32H,1,3,14,17H2,2H3,(H,33,34)/q-1. The predicted molar refractivity (Wildman–Crippen MR) is 146 cm³/mol. The molecule has 1 atom stereocenters. The van der Waals surface area contributed by atoms with E-state index in [-0.39, 0.29) is 11.6 Å². The van der Waals surface area contributed by atoms with Gasteiger partial charge in [0.1, 0.15) is 11.7 Å². The Morgan fingerprint density at radius 3 is 2.42 bits per heavy atom. The second-order valence-electron chi connectivity index (χ2n) is 8.72. The lowest BCUT2D eigenvalue weighted by molar-refractivity contribution is 0.0175. The van der Waals surface area contributed by atoms with E-state index in [1.807, 2.05) is 48.5 Å². The zero-order valence-corrected chi connectivity index (χ0v) is 20.8. The SMILES string of the molecule is C=C(NC1=NC(CCc2ccc([S-](=C)=O)cc2)C(c2ccccc2)=C1)Nc1cccc(C(C)(F)F)c1. The van der Waals surface area contributed by atoms with Crippen molar-refractivity contribution in [1.82, 2.24) is 5.32 Å². The zero-order valence-electron chi connectivity index (χ0n) is 20.0. The largest absolute Gasteiger partial charge is 0.457 e. The van der Waals surface area contributed by atoms with Crippen molar-refractivity contribution in [2.24, 2.45) is 4.99 Å². The number of amidine groups is 1. The third kappa shape index (κ3) is 6.49. The van der Waals surface area contributed by atoms with Gasteiger partial charge in [0, 0.05) is 18.2 Å². The topological polar surface area (TPSA) is 53.5 Å². The Kier molecular flexibility index (Phi) is 7.70. The van der Waals surface area contributed by atoms with Crippen molar-refractivity contribution in [1.29, 1.82) is 0 Å². The first-order valence-corrected chi connectivity index (χ1v) is 12.9. The van der Waals surface area contributed by atoms with Crippen LogP contribution in [0.5, 0.6) is 0 Å². The van der Waals surface area contributed by atoms with Crippen LogP contribution in [0.2, 0.25) is 0 Å². The van der Waals surface area contributed by atoms with Gasteiger partial charge in [-0.15, -0.1) is 4.90 Å². The van der Waals surface area contributed by atoms with Gasteiger partial charge in [-0.05, 0) is 47.8 Å². The maximum absolute atomic E-state index is 13.7. The number of rotatable bonds is 9. The molecule has 3 aromatic carbocycles. The molecule has 1 aliphatic rings. The number of anilines is 1. The Morgan fingerprint density at radius 2 is 1.75 bits per heavy atom. The number of aryl methyl sites for hydroxylation is 1. The number of benzene rings is 3. The van der Waals surface area contributed by atoms with Crippen LogP contribution in [0.15, 0.2) is 107 Å². The second kappa shape index (κ2) is 10.9. The highest BCUT2D eigenvalue weighted by Gasteiger charge is 2.25. The lowest BCUT2D eigenvalue weighted by Gasteiger charge is -2.15. The number of halogens is 2. The van der Waals surface area contributed by atoms with Gasteiger partial charge in [-0.1, -0.05) is 73.3 Å². The summed E-state index contributed by atoms with van der Waals surface area (Å²) in [6.45, 7) is 4.87. The summed E-state index contributed by atoms with van der Waals surface area (Å²) in [6, 6.07) is 23.7. The van der Waals surface area contributed by atoms with E-state index in [1.165, 1.54) is 12.1 Å². The van der Waals surface area contributed by atoms with Crippen LogP contribution < -0.4 is 10.6 Å². The van der Waals surface area contributed by atoms with Crippen molar-refractivity contribution >= 4 is 33.4 Å². The quantitative estimate of drug-likeness (QED) is 0.258. The molecule has 3 aromatic rings. The van der Waals surface area contributed by atoms with Crippen molar-refractivity contribution in [3.05, 3.63) is 114 Å². The molecule has 0 amide bonds. The molecule has 7 heteroatoms. The van der Waals surface area contributed by atoms with Gasteiger partial charge < -0.3 is 14.8 Å². The summed E-state index contributed by atoms with van der Waals surface area (Å²) in [5.74, 6) is 1.72. The average Bonchev–Trinajstić information content (AvgIpc) is 3.25. The van der Waals surface area contributed by atoms with Gasteiger partial charge in [0.2, 0.25) is 0 Å². The van der Waals surface area contributed by atoms with E-state index in [1.54, 1.807) is 12.1 Å². The Balaban J connectivity index is 1.47. The van der Waals surface area contributed by atoms with E-state index in [0.29, 0.717) is 22.2 Å². The fraction of sp³-hybridized carbons (Fsp3) is 0.172. The number of hydrogen-bond acceptors (Lipinski definition) is 5. The third-order valence-electron chi connectivity index (χ3n) is 5.89. The molecule has 1 heterocycles. The van der Waals surface area contributed by atoms with E-state index >= 15 is 0 Å². The molecule has 0 aliphatic carbocycles. The summed E-state index contributed by atoms with van der Waals surface area (Å²) < 4.78 is 38.9. The summed E-state index contributed by atoms with van der Waals surface area (Å²) in [6.07, 6.45) is 3.58. The lowest BCUT2D eigenvalue weighted by atomic mass is 9.95. The van der Waals surface area contributed by atoms with Crippen molar-refractivity contribution in [2.45, 2.75) is 36.6 Å². The number of alkyl halides is 2. The van der Waals surface area contributed by atoms with Crippen LogP contribution >= 0.6 is 0 Å². The van der Waals surface area contributed by atoms with Crippen LogP contribution in [-0.2, 0) is 26.9 Å². The van der Waals surface area contributed by atoms with Crippen molar-refractivity contribution in [2.75, 3.05) is 5.32 Å². The van der Waals surface area contributed by atoms with Crippen molar-refractivity contribution < 1.29 is 13.0 Å². The molecule has 4 rings (SSSR count). The predicted octanol–water partition coefficient (Wildman–Crippen LogP) is 6.52. The minimum absolute atomic E-state index is 0.0635. The molecule has 0 fully saturated rings. The zero-order chi connectivity index (χ0) is 25.7. The van der Waals surface area contributed by atoms with Crippen molar-refractivity contribution in [3.8, 4) is 0 Å². The molecule has 186 valence electrons. The van der Waals surface area contributed by atoms with Gasteiger partial charge in [-0.3, -0.25) is 15.4 Å². The third-order valence-corrected chi connectivity index (χ3v) is 6.69. The van der Waals surface area contributed by atoms with Crippen LogP contribution in [0.4, 0.5) is 14.5 Å². The van der Waals surface area contributed by atoms with Crippen molar-refractivity contribution in [3.63, 3.8) is 0 Å². The molecule has 0 bridgehead atoms. The van der Waals surface area contributed by atoms with Crippen LogP contribution in [0.1, 0.15) is 30.0 Å². The van der Waals surface area contributed by atoms with E-state index in [2.05, 4.69) is 35.2 Å². The van der Waals surface area contributed by atoms with Crippen LogP contribution in [0, 0.1) is 0 Å². The Labute approximate surface area is 212 Å². The fourth-order valence-electron chi connectivity index (χ4n) is 4.05. The van der Waals surface area contributed by atoms with E-state index in [9.17, 15) is 13.0 Å². The molecule has 2 N–H and O–H groups in total. The van der Waals surface area contributed by atoms with Crippen LogP contribution in [0.3, 0.4) is 0 Å². The normalized spacial score (nSPS) is 15.4. The molecule has 0 spiro atoms. The maximum Gasteiger partial charge on any atom is 0.270 e. The molecule has 4 nitrogen and oxygen atoms in total. The highest BCUT2D eigenvalue weighted by atomic mass is 32.2. The highest BCUT2D eigenvalue weighted by molar-refractivity contribution is 7.82. The van der Waals surface area contributed by atoms with Gasteiger partial charge >= 0.3 is 0 Å². The Morgan fingerprint density at radius 1 is 1.03 bits per heavy atom. The van der Waals surface area contributed by atoms with Gasteiger partial charge in [-0.2, -0.15) is 5.87 Å². The molecule has 0 aromatic heterocycles. The molecule has 1 unspecified atom stereocenters. The molecule has 0 radical (unpaired) electrons. The van der Waals surface area contributed by atoms with Gasteiger partial charge in [0.15, 0.2) is 0 Å². The maximum atomic E-state index is 13.7. The lowest BCUT2D eigenvalue weighted by Crippen LogP contribution is -2.24. The molecular weight excluding hydrogens is 476 g/mol. The number of nitrogens with one attached hydrogen (secondary N) is 2. The van der Waals surface area contributed by atoms with E-state index in [0.717, 1.165) is 36.5 Å². The molecule has 1 aliphatic heterocycles. The molecule has 0 saturated heterocycles. The molecule has 0 saturated carbocycles. The minimum atomic E-state index is -2.92. The smallest absolute Gasteiger partial charge is 0.270 e. The van der Waals surface area contributed by atoms with Crippen LogP contribution in [-0.4, -0.2) is 17.7 Å². The van der Waals surface area contributed by atoms with Gasteiger partial charge in [-0.25, -0.2) is 8.78 Å².